The first-order chi connectivity index (χ1) is 9.45. The lowest BCUT2D eigenvalue weighted by Crippen LogP contribution is -2.23. The Bertz CT molecular complexity index is 489. The topological polar surface area (TPSA) is 64.8 Å². The van der Waals surface area contributed by atoms with E-state index in [0.29, 0.717) is 36.1 Å². The molecule has 0 unspecified atom stereocenters. The summed E-state index contributed by atoms with van der Waals surface area (Å²) in [5.74, 6) is 1.18. The Morgan fingerprint density at radius 1 is 1.30 bits per heavy atom. The number of rotatable bonds is 7. The molecule has 0 spiro atoms. The van der Waals surface area contributed by atoms with Gasteiger partial charge in [0, 0.05) is 19.7 Å². The summed E-state index contributed by atoms with van der Waals surface area (Å²) in [5, 5.41) is 0. The maximum atomic E-state index is 11.5. The van der Waals surface area contributed by atoms with Gasteiger partial charge in [0.25, 0.3) is 0 Å². The van der Waals surface area contributed by atoms with Gasteiger partial charge in [0.05, 0.1) is 19.6 Å². The molecule has 0 aliphatic heterocycles. The van der Waals surface area contributed by atoms with Crippen molar-refractivity contribution in [1.29, 1.82) is 0 Å². The second-order valence-electron chi connectivity index (χ2n) is 4.35. The predicted molar refractivity (Wildman–Crippen MR) is 82.3 cm³/mol. The predicted octanol–water partition coefficient (Wildman–Crippen LogP) is 1.58. The average molecular weight is 296 g/mol. The van der Waals surface area contributed by atoms with Crippen LogP contribution < -0.4 is 15.2 Å². The zero-order valence-corrected chi connectivity index (χ0v) is 12.8. The van der Waals surface area contributed by atoms with E-state index in [1.807, 2.05) is 6.92 Å². The lowest BCUT2D eigenvalue weighted by molar-refractivity contribution is -0.129. The number of carbonyl (C=O) groups excluding carboxylic acids is 1. The number of ether oxygens (including phenoxy) is 2. The van der Waals surface area contributed by atoms with E-state index in [4.69, 9.17) is 27.4 Å². The molecule has 0 saturated heterocycles. The molecule has 0 aliphatic rings. The van der Waals surface area contributed by atoms with Crippen LogP contribution in [0.4, 0.5) is 0 Å². The second kappa shape index (κ2) is 7.69. The van der Waals surface area contributed by atoms with E-state index < -0.39 is 0 Å². The number of hydrogen-bond donors (Lipinski definition) is 1. The highest BCUT2D eigenvalue weighted by atomic mass is 32.1. The fourth-order valence-electron chi connectivity index (χ4n) is 1.52. The number of amides is 1. The van der Waals surface area contributed by atoms with Gasteiger partial charge in [-0.3, -0.25) is 4.79 Å². The summed E-state index contributed by atoms with van der Waals surface area (Å²) in [4.78, 5) is 13.3. The summed E-state index contributed by atoms with van der Waals surface area (Å²) < 4.78 is 11.1. The summed E-state index contributed by atoms with van der Waals surface area (Å²) in [6, 6.07) is 5.27. The quantitative estimate of drug-likeness (QED) is 0.774. The van der Waals surface area contributed by atoms with Gasteiger partial charge in [-0.05, 0) is 25.1 Å². The molecule has 20 heavy (non-hydrogen) atoms. The number of thiocarbonyl (C=S) groups is 1. The monoisotopic (exact) mass is 296 g/mol. The summed E-state index contributed by atoms with van der Waals surface area (Å²) in [6.45, 7) is 2.68. The van der Waals surface area contributed by atoms with Gasteiger partial charge in [-0.25, -0.2) is 0 Å². The number of benzene rings is 1. The molecular weight excluding hydrogens is 276 g/mol. The van der Waals surface area contributed by atoms with E-state index in [-0.39, 0.29) is 5.91 Å². The Kier molecular flexibility index (Phi) is 6.24. The van der Waals surface area contributed by atoms with Gasteiger partial charge < -0.3 is 20.1 Å². The van der Waals surface area contributed by atoms with Gasteiger partial charge in [-0.15, -0.1) is 0 Å². The van der Waals surface area contributed by atoms with Crippen LogP contribution in [-0.2, 0) is 4.79 Å². The second-order valence-corrected chi connectivity index (χ2v) is 4.79. The lowest BCUT2D eigenvalue weighted by Gasteiger charge is -2.14. The first-order valence-corrected chi connectivity index (χ1v) is 6.76. The maximum absolute atomic E-state index is 11.5. The van der Waals surface area contributed by atoms with Crippen molar-refractivity contribution in [1.82, 2.24) is 4.90 Å². The maximum Gasteiger partial charge on any atom is 0.225 e. The Labute approximate surface area is 124 Å². The van der Waals surface area contributed by atoms with Gasteiger partial charge in [0.2, 0.25) is 5.91 Å². The van der Waals surface area contributed by atoms with Crippen molar-refractivity contribution < 1.29 is 14.3 Å². The van der Waals surface area contributed by atoms with Crippen molar-refractivity contribution in [2.45, 2.75) is 13.3 Å². The van der Waals surface area contributed by atoms with Crippen LogP contribution in [-0.4, -0.2) is 43.1 Å². The van der Waals surface area contributed by atoms with E-state index in [1.165, 1.54) is 4.90 Å². The molecule has 5 nitrogen and oxygen atoms in total. The third-order valence-electron chi connectivity index (χ3n) is 2.60. The molecule has 0 fully saturated rings. The molecular formula is C14H20N2O3S. The summed E-state index contributed by atoms with van der Waals surface area (Å²) in [7, 11) is 3.43. The first-order valence-electron chi connectivity index (χ1n) is 6.35. The molecule has 0 atom stereocenters. The van der Waals surface area contributed by atoms with Crippen LogP contribution in [0.15, 0.2) is 18.2 Å². The van der Waals surface area contributed by atoms with E-state index in [9.17, 15) is 4.79 Å². The fourth-order valence-corrected chi connectivity index (χ4v) is 1.65. The molecule has 1 aromatic carbocycles. The van der Waals surface area contributed by atoms with Crippen LogP contribution in [0, 0.1) is 0 Å². The zero-order valence-electron chi connectivity index (χ0n) is 12.0. The number of nitrogens with zero attached hydrogens (tertiary/aromatic N) is 1. The Morgan fingerprint density at radius 2 is 2.00 bits per heavy atom. The molecule has 6 heteroatoms. The minimum absolute atomic E-state index is 0.0164. The molecule has 1 rings (SSSR count). The highest BCUT2D eigenvalue weighted by Gasteiger charge is 2.09. The van der Waals surface area contributed by atoms with E-state index in [0.717, 1.165) is 5.56 Å². The van der Waals surface area contributed by atoms with Gasteiger partial charge in [-0.1, -0.05) is 12.2 Å². The van der Waals surface area contributed by atoms with Gasteiger partial charge in [0.15, 0.2) is 11.5 Å². The summed E-state index contributed by atoms with van der Waals surface area (Å²) in [6.07, 6.45) is 0.315. The van der Waals surface area contributed by atoms with Gasteiger partial charge in [0.1, 0.15) is 4.99 Å². The zero-order chi connectivity index (χ0) is 15.1. The standard InChI is InChI=1S/C14H20N2O3S/c1-4-18-12-9-10(14(15)20)5-6-11(12)19-8-7-13(17)16(2)3/h5-6,9H,4,7-8H2,1-3H3,(H2,15,20). The molecule has 0 heterocycles. The first kappa shape index (κ1) is 16.2. The van der Waals surface area contributed by atoms with Crippen molar-refractivity contribution in [2.75, 3.05) is 27.3 Å². The fraction of sp³-hybridized carbons (Fsp3) is 0.429. The minimum atomic E-state index is 0.0164. The van der Waals surface area contributed by atoms with Crippen LogP contribution >= 0.6 is 12.2 Å². The Morgan fingerprint density at radius 3 is 2.55 bits per heavy atom. The van der Waals surface area contributed by atoms with Crippen molar-refractivity contribution in [3.05, 3.63) is 23.8 Å². The van der Waals surface area contributed by atoms with Gasteiger partial charge >= 0.3 is 0 Å². The largest absolute Gasteiger partial charge is 0.490 e. The van der Waals surface area contributed by atoms with Crippen molar-refractivity contribution in [2.24, 2.45) is 5.73 Å². The van der Waals surface area contributed by atoms with E-state index in [2.05, 4.69) is 0 Å². The Hall–Kier alpha value is -1.82. The molecule has 1 amide bonds. The molecule has 2 N–H and O–H groups in total. The average Bonchev–Trinajstić information content (AvgIpc) is 2.40. The molecule has 1 aromatic rings. The van der Waals surface area contributed by atoms with Crippen molar-refractivity contribution >= 4 is 23.1 Å². The molecule has 0 aromatic heterocycles. The molecule has 0 radical (unpaired) electrons. The van der Waals surface area contributed by atoms with Crippen LogP contribution in [0.3, 0.4) is 0 Å². The highest BCUT2D eigenvalue weighted by molar-refractivity contribution is 7.80. The normalized spacial score (nSPS) is 9.95. The number of carbonyl (C=O) groups is 1. The molecule has 110 valence electrons. The summed E-state index contributed by atoms with van der Waals surface area (Å²) in [5.41, 5.74) is 6.31. The van der Waals surface area contributed by atoms with Crippen molar-refractivity contribution in [3.8, 4) is 11.5 Å². The minimum Gasteiger partial charge on any atom is -0.490 e. The number of nitrogens with two attached hydrogens (primary N) is 1. The highest BCUT2D eigenvalue weighted by Crippen LogP contribution is 2.28. The lowest BCUT2D eigenvalue weighted by atomic mass is 10.2. The molecule has 0 aliphatic carbocycles. The van der Waals surface area contributed by atoms with Gasteiger partial charge in [-0.2, -0.15) is 0 Å². The van der Waals surface area contributed by atoms with Crippen LogP contribution in [0.2, 0.25) is 0 Å². The third-order valence-corrected chi connectivity index (χ3v) is 2.84. The van der Waals surface area contributed by atoms with E-state index >= 15 is 0 Å². The van der Waals surface area contributed by atoms with Crippen LogP contribution in [0.5, 0.6) is 11.5 Å². The summed E-state index contributed by atoms with van der Waals surface area (Å²) >= 11 is 4.93. The third kappa shape index (κ3) is 4.70. The number of hydrogen-bond acceptors (Lipinski definition) is 4. The smallest absolute Gasteiger partial charge is 0.225 e. The van der Waals surface area contributed by atoms with Crippen LogP contribution in [0.1, 0.15) is 18.9 Å². The van der Waals surface area contributed by atoms with E-state index in [1.54, 1.807) is 32.3 Å². The molecule has 0 saturated carbocycles. The van der Waals surface area contributed by atoms with Crippen molar-refractivity contribution in [3.63, 3.8) is 0 Å². The Balaban J connectivity index is 2.73. The van der Waals surface area contributed by atoms with Crippen LogP contribution in [0.25, 0.3) is 0 Å². The molecule has 0 bridgehead atoms. The SMILES string of the molecule is CCOc1cc(C(N)=S)ccc1OCCC(=O)N(C)C.